The second-order valence-electron chi connectivity index (χ2n) is 6.19. The molecule has 0 saturated heterocycles. The summed E-state index contributed by atoms with van der Waals surface area (Å²) in [4.78, 5) is 7.89. The summed E-state index contributed by atoms with van der Waals surface area (Å²) in [6.07, 6.45) is -3.43. The first-order valence-electron chi connectivity index (χ1n) is 8.75. The Hall–Kier alpha value is -3.38. The van der Waals surface area contributed by atoms with Crippen LogP contribution in [-0.2, 0) is 13.1 Å². The predicted octanol–water partition coefficient (Wildman–Crippen LogP) is 3.81. The second kappa shape index (κ2) is 8.55. The van der Waals surface area contributed by atoms with E-state index in [1.165, 1.54) is 18.3 Å². The largest absolute Gasteiger partial charge is 0.408 e. The quantitative estimate of drug-likeness (QED) is 0.351. The number of aromatic nitrogens is 6. The molecule has 0 atom stereocenters. The van der Waals surface area contributed by atoms with E-state index in [0.29, 0.717) is 16.8 Å². The predicted molar refractivity (Wildman–Crippen MR) is 98.1 cm³/mol. The van der Waals surface area contributed by atoms with E-state index in [9.17, 15) is 22.0 Å². The Labute approximate surface area is 167 Å². The number of hydrogen-bond acceptors (Lipinski definition) is 6. The third-order valence-corrected chi connectivity index (χ3v) is 4.01. The summed E-state index contributed by atoms with van der Waals surface area (Å²) in [5, 5.41) is 11.6. The van der Waals surface area contributed by atoms with Gasteiger partial charge in [0.25, 0.3) is 6.43 Å². The molecule has 13 heteroatoms. The van der Waals surface area contributed by atoms with Crippen molar-refractivity contribution in [2.45, 2.75) is 39.5 Å². The van der Waals surface area contributed by atoms with Crippen LogP contribution in [0.1, 0.15) is 30.4 Å². The zero-order chi connectivity index (χ0) is 21.9. The third kappa shape index (κ3) is 5.15. The molecule has 0 aromatic carbocycles. The smallest absolute Gasteiger partial charge is 0.269 e. The number of halogens is 5. The van der Waals surface area contributed by atoms with Crippen LogP contribution in [0.2, 0.25) is 0 Å². The summed E-state index contributed by atoms with van der Waals surface area (Å²) in [6, 6.07) is 2.49. The van der Waals surface area contributed by atoms with Crippen LogP contribution >= 0.6 is 0 Å². The van der Waals surface area contributed by atoms with E-state index < -0.39 is 24.8 Å². The lowest BCUT2D eigenvalue weighted by Crippen LogP contribution is -2.18. The van der Waals surface area contributed by atoms with Gasteiger partial charge in [0.2, 0.25) is 5.95 Å². The van der Waals surface area contributed by atoms with Crippen molar-refractivity contribution in [2.75, 3.05) is 5.43 Å². The molecule has 0 saturated carbocycles. The molecule has 1 N–H and O–H groups in total. The van der Waals surface area contributed by atoms with Crippen molar-refractivity contribution in [2.24, 2.45) is 5.10 Å². The summed E-state index contributed by atoms with van der Waals surface area (Å²) in [5.41, 5.74) is 3.60. The molecule has 0 amide bonds. The minimum absolute atomic E-state index is 0.136. The molecule has 0 aliphatic heterocycles. The van der Waals surface area contributed by atoms with Crippen LogP contribution in [0.15, 0.2) is 29.6 Å². The number of alkyl halides is 5. The number of nitrogens with zero attached hydrogens (tertiary/aromatic N) is 7. The summed E-state index contributed by atoms with van der Waals surface area (Å²) in [5.74, 6) is -0.197. The lowest BCUT2D eigenvalue weighted by atomic mass is 10.1. The molecular formula is C17H17F5N8. The van der Waals surface area contributed by atoms with E-state index in [1.807, 2.05) is 6.92 Å². The Bertz CT molecular complexity index is 1040. The van der Waals surface area contributed by atoms with Gasteiger partial charge in [-0.1, -0.05) is 0 Å². The lowest BCUT2D eigenvalue weighted by molar-refractivity contribution is -0.142. The summed E-state index contributed by atoms with van der Waals surface area (Å²) >= 11 is 0. The lowest BCUT2D eigenvalue weighted by Gasteiger charge is -2.07. The average molecular weight is 428 g/mol. The Kier molecular flexibility index (Phi) is 6.08. The van der Waals surface area contributed by atoms with Crippen LogP contribution in [0, 0.1) is 6.92 Å². The van der Waals surface area contributed by atoms with Gasteiger partial charge in [-0.25, -0.2) is 24.2 Å². The van der Waals surface area contributed by atoms with Crippen LogP contribution < -0.4 is 5.43 Å². The molecule has 160 valence electrons. The fourth-order valence-electron chi connectivity index (χ4n) is 2.66. The zero-order valence-corrected chi connectivity index (χ0v) is 15.9. The molecule has 8 nitrogen and oxygen atoms in total. The Morgan fingerprint density at radius 1 is 1.27 bits per heavy atom. The SMILES string of the molecule is CCn1ncc(-c2cc(C(F)F)nc(N/N=C/c3ccn(CC(F)(F)F)n3)n2)c1C. The number of rotatable bonds is 7. The zero-order valence-electron chi connectivity index (χ0n) is 15.9. The van der Waals surface area contributed by atoms with Gasteiger partial charge in [0.05, 0.1) is 18.1 Å². The third-order valence-electron chi connectivity index (χ3n) is 4.01. The van der Waals surface area contributed by atoms with Crippen molar-refractivity contribution >= 4 is 12.2 Å². The van der Waals surface area contributed by atoms with Crippen LogP contribution in [-0.4, -0.2) is 41.9 Å². The van der Waals surface area contributed by atoms with Gasteiger partial charge < -0.3 is 0 Å². The van der Waals surface area contributed by atoms with Gasteiger partial charge in [-0.05, 0) is 26.0 Å². The standard InChI is InChI=1S/C17H17F5N8/c1-3-30-10(2)12(8-24-30)13-6-14(15(18)19)26-16(25-13)27-23-7-11-4-5-29(28-11)9-17(20,21)22/h4-8,15H,3,9H2,1-2H3,(H,25,26,27)/b23-7+. The number of hydrazone groups is 1. The van der Waals surface area contributed by atoms with Gasteiger partial charge >= 0.3 is 6.18 Å². The van der Waals surface area contributed by atoms with Crippen LogP contribution in [0.25, 0.3) is 11.3 Å². The van der Waals surface area contributed by atoms with Gasteiger partial charge in [-0.2, -0.15) is 28.5 Å². The van der Waals surface area contributed by atoms with Crippen molar-refractivity contribution in [3.05, 3.63) is 41.6 Å². The average Bonchev–Trinajstić information content (AvgIpc) is 3.26. The number of aryl methyl sites for hydroxylation is 1. The van der Waals surface area contributed by atoms with Crippen LogP contribution in [0.5, 0.6) is 0 Å². The Morgan fingerprint density at radius 2 is 2.03 bits per heavy atom. The van der Waals surface area contributed by atoms with E-state index in [-0.39, 0.29) is 17.3 Å². The first kappa shape index (κ1) is 21.3. The van der Waals surface area contributed by atoms with Crippen LogP contribution in [0.3, 0.4) is 0 Å². The van der Waals surface area contributed by atoms with E-state index in [2.05, 4.69) is 30.7 Å². The molecule has 0 unspecified atom stereocenters. The Balaban J connectivity index is 1.81. The monoisotopic (exact) mass is 428 g/mol. The molecule has 0 aliphatic rings. The highest BCUT2D eigenvalue weighted by Gasteiger charge is 2.28. The maximum absolute atomic E-state index is 13.3. The number of hydrogen-bond donors (Lipinski definition) is 1. The molecule has 0 bridgehead atoms. The number of nitrogens with one attached hydrogen (secondary N) is 1. The fraction of sp³-hybridized carbons (Fsp3) is 0.353. The minimum Gasteiger partial charge on any atom is -0.269 e. The maximum Gasteiger partial charge on any atom is 0.408 e. The minimum atomic E-state index is -4.40. The van der Waals surface area contributed by atoms with Crippen molar-refractivity contribution in [1.29, 1.82) is 0 Å². The van der Waals surface area contributed by atoms with Crippen molar-refractivity contribution in [1.82, 2.24) is 29.5 Å². The molecule has 3 heterocycles. The molecule has 0 aliphatic carbocycles. The molecule has 3 rings (SSSR count). The molecule has 0 fully saturated rings. The Morgan fingerprint density at radius 3 is 2.67 bits per heavy atom. The first-order valence-corrected chi connectivity index (χ1v) is 8.75. The normalized spacial score (nSPS) is 12.3. The van der Waals surface area contributed by atoms with E-state index >= 15 is 0 Å². The van der Waals surface area contributed by atoms with E-state index in [4.69, 9.17) is 0 Å². The van der Waals surface area contributed by atoms with Crippen molar-refractivity contribution in [3.63, 3.8) is 0 Å². The second-order valence-corrected chi connectivity index (χ2v) is 6.19. The number of anilines is 1. The molecule has 0 radical (unpaired) electrons. The highest BCUT2D eigenvalue weighted by Crippen LogP contribution is 2.26. The molecule has 30 heavy (non-hydrogen) atoms. The van der Waals surface area contributed by atoms with Crippen molar-refractivity contribution in [3.8, 4) is 11.3 Å². The molecular weight excluding hydrogens is 411 g/mol. The van der Waals surface area contributed by atoms with Gasteiger partial charge in [0, 0.05) is 24.0 Å². The van der Waals surface area contributed by atoms with Crippen molar-refractivity contribution < 1.29 is 22.0 Å². The van der Waals surface area contributed by atoms with Gasteiger partial charge in [0.15, 0.2) is 0 Å². The van der Waals surface area contributed by atoms with Gasteiger partial charge in [-0.3, -0.25) is 9.36 Å². The molecule has 3 aromatic rings. The summed E-state index contributed by atoms with van der Waals surface area (Å²) in [6.45, 7) is 3.06. The topological polar surface area (TPSA) is 85.8 Å². The molecule has 3 aromatic heterocycles. The maximum atomic E-state index is 13.3. The first-order chi connectivity index (χ1) is 14.2. The highest BCUT2D eigenvalue weighted by atomic mass is 19.4. The van der Waals surface area contributed by atoms with Crippen LogP contribution in [0.4, 0.5) is 27.9 Å². The van der Waals surface area contributed by atoms with E-state index in [0.717, 1.165) is 18.1 Å². The van der Waals surface area contributed by atoms with Gasteiger partial charge in [0.1, 0.15) is 17.9 Å². The molecule has 0 spiro atoms. The van der Waals surface area contributed by atoms with Gasteiger partial charge in [-0.15, -0.1) is 0 Å². The van der Waals surface area contributed by atoms with E-state index in [1.54, 1.807) is 11.6 Å². The summed E-state index contributed by atoms with van der Waals surface area (Å²) in [7, 11) is 0. The highest BCUT2D eigenvalue weighted by molar-refractivity contribution is 5.77. The fourth-order valence-corrected chi connectivity index (χ4v) is 2.66. The summed E-state index contributed by atoms with van der Waals surface area (Å²) < 4.78 is 66.0.